The number of H-pyrrole nitrogens is 1. The number of rotatable bonds is 1. The second kappa shape index (κ2) is 4.06. The summed E-state index contributed by atoms with van der Waals surface area (Å²) in [5.41, 5.74) is 3.27. The van der Waals surface area contributed by atoms with E-state index in [1.807, 2.05) is 25.1 Å². The molecule has 4 nitrogen and oxygen atoms in total. The molecule has 0 aliphatic carbocycles. The quantitative estimate of drug-likeness (QED) is 0.822. The van der Waals surface area contributed by atoms with Gasteiger partial charge in [-0.2, -0.15) is 0 Å². The normalized spacial score (nSPS) is 16.1. The Morgan fingerprint density at radius 3 is 2.58 bits per heavy atom. The molecule has 0 atom stereocenters. The summed E-state index contributed by atoms with van der Waals surface area (Å²) in [5, 5.41) is 0.939. The minimum absolute atomic E-state index is 0.279. The van der Waals surface area contributed by atoms with E-state index in [9.17, 15) is 9.59 Å². The predicted octanol–water partition coefficient (Wildman–Crippen LogP) is 2.58. The summed E-state index contributed by atoms with van der Waals surface area (Å²) in [6.07, 6.45) is 1.77. The number of aromatic nitrogens is 1. The van der Waals surface area contributed by atoms with Crippen molar-refractivity contribution in [3.05, 3.63) is 40.0 Å². The van der Waals surface area contributed by atoms with E-state index in [0.29, 0.717) is 10.1 Å². The fraction of sp³-hybridized carbons (Fsp3) is 0.143. The molecule has 2 amide bonds. The maximum Gasteiger partial charge on any atom is 0.268 e. The van der Waals surface area contributed by atoms with E-state index in [-0.39, 0.29) is 11.8 Å². The van der Waals surface area contributed by atoms with Gasteiger partial charge in [0.1, 0.15) is 0 Å². The smallest absolute Gasteiger partial charge is 0.268 e. The van der Waals surface area contributed by atoms with Crippen LogP contribution in [-0.4, -0.2) is 28.7 Å². The molecule has 0 bridgehead atoms. The maximum absolute atomic E-state index is 12.1. The van der Waals surface area contributed by atoms with E-state index in [1.165, 1.54) is 7.05 Å². The first-order valence-electron chi connectivity index (χ1n) is 5.81. The highest BCUT2D eigenvalue weighted by atomic mass is 79.9. The number of carbonyl (C=O) groups excluding carboxylic acids is 2. The van der Waals surface area contributed by atoms with Crippen molar-refractivity contribution in [3.63, 3.8) is 0 Å². The highest BCUT2D eigenvalue weighted by Gasteiger charge is 2.36. The second-order valence-electron chi connectivity index (χ2n) is 4.61. The van der Waals surface area contributed by atoms with Gasteiger partial charge in [-0.25, -0.2) is 0 Å². The molecule has 1 aliphatic rings. The first kappa shape index (κ1) is 12.2. The van der Waals surface area contributed by atoms with Crippen LogP contribution in [0.2, 0.25) is 0 Å². The number of likely N-dealkylation sites (N-methyl/N-ethyl adjacent to an activating group) is 1. The Kier molecular flexibility index (Phi) is 2.60. The summed E-state index contributed by atoms with van der Waals surface area (Å²) < 4.78 is 0.321. The molecular weight excluding hydrogens is 308 g/mol. The Balaban J connectivity index is 2.26. The molecule has 2 heterocycles. The molecule has 1 aliphatic heterocycles. The fourth-order valence-electron chi connectivity index (χ4n) is 2.29. The number of hydrogen-bond acceptors (Lipinski definition) is 2. The molecule has 1 aromatic carbocycles. The van der Waals surface area contributed by atoms with Crippen LogP contribution in [-0.2, 0) is 9.59 Å². The summed E-state index contributed by atoms with van der Waals surface area (Å²) in [7, 11) is 1.48. The molecule has 0 saturated heterocycles. The van der Waals surface area contributed by atoms with Gasteiger partial charge in [0.2, 0.25) is 0 Å². The van der Waals surface area contributed by atoms with Gasteiger partial charge >= 0.3 is 0 Å². The predicted molar refractivity (Wildman–Crippen MR) is 76.7 cm³/mol. The van der Waals surface area contributed by atoms with Crippen LogP contribution in [0.5, 0.6) is 0 Å². The van der Waals surface area contributed by atoms with E-state index in [2.05, 4.69) is 20.9 Å². The molecule has 96 valence electrons. The zero-order valence-corrected chi connectivity index (χ0v) is 12.0. The van der Waals surface area contributed by atoms with Crippen molar-refractivity contribution in [2.75, 3.05) is 7.05 Å². The maximum atomic E-state index is 12.1. The highest BCUT2D eigenvalue weighted by Crippen LogP contribution is 2.35. The third-order valence-corrected chi connectivity index (χ3v) is 4.07. The average molecular weight is 319 g/mol. The Hall–Kier alpha value is -1.88. The molecule has 1 aromatic heterocycles. The molecule has 19 heavy (non-hydrogen) atoms. The minimum Gasteiger partial charge on any atom is -0.361 e. The monoisotopic (exact) mass is 318 g/mol. The van der Waals surface area contributed by atoms with Crippen LogP contribution in [0.1, 0.15) is 11.1 Å². The first-order chi connectivity index (χ1) is 9.00. The number of aromatic amines is 1. The number of aryl methyl sites for hydroxylation is 1. The van der Waals surface area contributed by atoms with Gasteiger partial charge in [-0.1, -0.05) is 12.1 Å². The SMILES string of the molecule is Cc1ccc2c(C3=C(Br)C(=O)N(C)C3=O)c[nH]c2c1. The Bertz CT molecular complexity index is 758. The molecule has 5 heteroatoms. The number of nitrogens with zero attached hydrogens (tertiary/aromatic N) is 1. The summed E-state index contributed by atoms with van der Waals surface area (Å²) >= 11 is 3.23. The molecule has 0 fully saturated rings. The fourth-order valence-corrected chi connectivity index (χ4v) is 2.94. The second-order valence-corrected chi connectivity index (χ2v) is 5.40. The average Bonchev–Trinajstić information content (AvgIpc) is 2.86. The van der Waals surface area contributed by atoms with Crippen molar-refractivity contribution in [3.8, 4) is 0 Å². The Morgan fingerprint density at radius 1 is 1.21 bits per heavy atom. The number of hydrogen-bond donors (Lipinski definition) is 1. The molecular formula is C14H11BrN2O2. The van der Waals surface area contributed by atoms with Gasteiger partial charge in [-0.15, -0.1) is 0 Å². The lowest BCUT2D eigenvalue weighted by atomic mass is 10.0. The van der Waals surface area contributed by atoms with Crippen LogP contribution in [0.4, 0.5) is 0 Å². The molecule has 0 spiro atoms. The molecule has 1 N–H and O–H groups in total. The van der Waals surface area contributed by atoms with Crippen LogP contribution >= 0.6 is 15.9 Å². The number of halogens is 1. The van der Waals surface area contributed by atoms with Gasteiger partial charge < -0.3 is 4.98 Å². The van der Waals surface area contributed by atoms with E-state index in [1.54, 1.807) is 6.20 Å². The first-order valence-corrected chi connectivity index (χ1v) is 6.60. The van der Waals surface area contributed by atoms with Gasteiger partial charge in [-0.3, -0.25) is 14.5 Å². The van der Waals surface area contributed by atoms with Crippen molar-refractivity contribution >= 4 is 44.2 Å². The molecule has 3 rings (SSSR count). The van der Waals surface area contributed by atoms with E-state index in [4.69, 9.17) is 0 Å². The number of benzene rings is 1. The highest BCUT2D eigenvalue weighted by molar-refractivity contribution is 9.12. The Labute approximate surface area is 118 Å². The summed E-state index contributed by atoms with van der Waals surface area (Å²) in [5.74, 6) is -0.584. The van der Waals surface area contributed by atoms with E-state index in [0.717, 1.165) is 26.9 Å². The third-order valence-electron chi connectivity index (χ3n) is 3.34. The zero-order valence-electron chi connectivity index (χ0n) is 10.5. The van der Waals surface area contributed by atoms with Crippen LogP contribution < -0.4 is 0 Å². The third kappa shape index (κ3) is 1.65. The van der Waals surface area contributed by atoms with Crippen molar-refractivity contribution in [2.45, 2.75) is 6.92 Å². The van der Waals surface area contributed by atoms with Crippen molar-refractivity contribution in [2.24, 2.45) is 0 Å². The largest absolute Gasteiger partial charge is 0.361 e. The van der Waals surface area contributed by atoms with Gasteiger partial charge in [0.05, 0.1) is 10.1 Å². The number of fused-ring (bicyclic) bond motifs is 1. The lowest BCUT2D eigenvalue weighted by molar-refractivity contribution is -0.134. The van der Waals surface area contributed by atoms with Gasteiger partial charge in [-0.05, 0) is 34.5 Å². The molecule has 0 saturated carbocycles. The number of imide groups is 1. The van der Waals surface area contributed by atoms with Crippen molar-refractivity contribution < 1.29 is 9.59 Å². The standard InChI is InChI=1S/C14H11BrN2O2/c1-7-3-4-8-9(6-16-10(8)5-7)11-12(15)14(19)17(2)13(11)18/h3-6,16H,1-2H3. The zero-order chi connectivity index (χ0) is 13.7. The topological polar surface area (TPSA) is 53.2 Å². The van der Waals surface area contributed by atoms with Crippen molar-refractivity contribution in [1.82, 2.24) is 9.88 Å². The van der Waals surface area contributed by atoms with Gasteiger partial charge in [0, 0.05) is 29.7 Å². The lowest BCUT2D eigenvalue weighted by Crippen LogP contribution is -2.26. The molecule has 0 unspecified atom stereocenters. The van der Waals surface area contributed by atoms with Crippen LogP contribution in [0, 0.1) is 6.92 Å². The van der Waals surface area contributed by atoms with E-state index < -0.39 is 0 Å². The number of amides is 2. The Morgan fingerprint density at radius 2 is 1.95 bits per heavy atom. The summed E-state index contributed by atoms with van der Waals surface area (Å²) in [6, 6.07) is 5.96. The molecule has 2 aromatic rings. The van der Waals surface area contributed by atoms with Gasteiger partial charge in [0.25, 0.3) is 11.8 Å². The van der Waals surface area contributed by atoms with Gasteiger partial charge in [0.15, 0.2) is 0 Å². The van der Waals surface area contributed by atoms with Crippen LogP contribution in [0.3, 0.4) is 0 Å². The summed E-state index contributed by atoms with van der Waals surface area (Å²) in [6.45, 7) is 2.01. The lowest BCUT2D eigenvalue weighted by Gasteiger charge is -2.05. The number of carbonyl (C=O) groups is 2. The number of nitrogens with one attached hydrogen (secondary N) is 1. The van der Waals surface area contributed by atoms with Crippen molar-refractivity contribution in [1.29, 1.82) is 0 Å². The van der Waals surface area contributed by atoms with E-state index >= 15 is 0 Å². The minimum atomic E-state index is -0.304. The van der Waals surface area contributed by atoms with Crippen LogP contribution in [0.15, 0.2) is 28.9 Å². The molecule has 0 radical (unpaired) electrons. The van der Waals surface area contributed by atoms with Crippen LogP contribution in [0.25, 0.3) is 16.5 Å². The summed E-state index contributed by atoms with van der Waals surface area (Å²) in [4.78, 5) is 28.2.